The number of piperazine rings is 1. The molecule has 104 valence electrons. The fourth-order valence-corrected chi connectivity index (χ4v) is 3.35. The van der Waals surface area contributed by atoms with Gasteiger partial charge in [0.25, 0.3) is 0 Å². The van der Waals surface area contributed by atoms with Crippen LogP contribution < -0.4 is 5.32 Å². The Bertz CT molecular complexity index is 282. The monoisotopic (exact) mass is 252 g/mol. The van der Waals surface area contributed by atoms with Gasteiger partial charge in [-0.1, -0.05) is 25.7 Å². The molecule has 1 aliphatic carbocycles. The summed E-state index contributed by atoms with van der Waals surface area (Å²) in [6.45, 7) is 7.01. The first-order valence-corrected chi connectivity index (χ1v) is 7.60. The highest BCUT2D eigenvalue weighted by atomic mass is 16.2. The molecule has 0 unspecified atom stereocenters. The van der Waals surface area contributed by atoms with Gasteiger partial charge in [0.15, 0.2) is 0 Å². The van der Waals surface area contributed by atoms with Gasteiger partial charge in [0, 0.05) is 31.6 Å². The van der Waals surface area contributed by atoms with E-state index < -0.39 is 0 Å². The van der Waals surface area contributed by atoms with Crippen LogP contribution in [0.1, 0.15) is 58.8 Å². The lowest BCUT2D eigenvalue weighted by molar-refractivity contribution is -0.133. The summed E-state index contributed by atoms with van der Waals surface area (Å²) in [7, 11) is 0. The Kier molecular flexibility index (Phi) is 4.66. The predicted octanol–water partition coefficient (Wildman–Crippen LogP) is 2.56. The SMILES string of the molecule is CC1(C)CN(C(=O)CCCC2CCCC2)CCN1. The van der Waals surface area contributed by atoms with Gasteiger partial charge in [-0.25, -0.2) is 0 Å². The zero-order chi connectivity index (χ0) is 13.0. The average Bonchev–Trinajstić information content (AvgIpc) is 2.80. The number of nitrogens with zero attached hydrogens (tertiary/aromatic N) is 1. The number of amides is 1. The van der Waals surface area contributed by atoms with Crippen LogP contribution in [0, 0.1) is 5.92 Å². The van der Waals surface area contributed by atoms with Crippen LogP contribution in [0.3, 0.4) is 0 Å². The van der Waals surface area contributed by atoms with Crippen molar-refractivity contribution in [2.24, 2.45) is 5.92 Å². The minimum Gasteiger partial charge on any atom is -0.340 e. The normalized spacial score (nSPS) is 24.4. The van der Waals surface area contributed by atoms with E-state index in [1.54, 1.807) is 0 Å². The van der Waals surface area contributed by atoms with Crippen molar-refractivity contribution in [2.75, 3.05) is 19.6 Å². The summed E-state index contributed by atoms with van der Waals surface area (Å²) in [4.78, 5) is 14.2. The molecule has 18 heavy (non-hydrogen) atoms. The molecule has 1 saturated carbocycles. The summed E-state index contributed by atoms with van der Waals surface area (Å²) in [5.74, 6) is 1.28. The first-order chi connectivity index (χ1) is 8.57. The quantitative estimate of drug-likeness (QED) is 0.834. The second kappa shape index (κ2) is 6.05. The fraction of sp³-hybridized carbons (Fsp3) is 0.933. The highest BCUT2D eigenvalue weighted by Crippen LogP contribution is 2.29. The van der Waals surface area contributed by atoms with Crippen LogP contribution in [0.2, 0.25) is 0 Å². The Balaban J connectivity index is 1.67. The predicted molar refractivity (Wildman–Crippen MR) is 74.5 cm³/mol. The van der Waals surface area contributed by atoms with E-state index in [0.717, 1.165) is 38.4 Å². The number of hydrogen-bond donors (Lipinski definition) is 1. The van der Waals surface area contributed by atoms with Crippen molar-refractivity contribution < 1.29 is 4.79 Å². The van der Waals surface area contributed by atoms with Crippen molar-refractivity contribution in [2.45, 2.75) is 64.3 Å². The number of carbonyl (C=O) groups is 1. The van der Waals surface area contributed by atoms with Crippen molar-refractivity contribution >= 4 is 5.91 Å². The van der Waals surface area contributed by atoms with Crippen LogP contribution in [0.25, 0.3) is 0 Å². The molecule has 1 heterocycles. The zero-order valence-electron chi connectivity index (χ0n) is 12.0. The Morgan fingerprint density at radius 3 is 2.72 bits per heavy atom. The molecule has 0 radical (unpaired) electrons. The van der Waals surface area contributed by atoms with Crippen LogP contribution >= 0.6 is 0 Å². The Hall–Kier alpha value is -0.570. The second-order valence-corrected chi connectivity index (χ2v) is 6.67. The Labute approximate surface area is 111 Å². The molecule has 2 rings (SSSR count). The van der Waals surface area contributed by atoms with E-state index in [4.69, 9.17) is 0 Å². The molecule has 0 aromatic rings. The average molecular weight is 252 g/mol. The summed E-state index contributed by atoms with van der Waals surface area (Å²) in [5.41, 5.74) is 0.0827. The Morgan fingerprint density at radius 2 is 2.06 bits per heavy atom. The second-order valence-electron chi connectivity index (χ2n) is 6.67. The third kappa shape index (κ3) is 3.98. The van der Waals surface area contributed by atoms with E-state index in [2.05, 4.69) is 19.2 Å². The van der Waals surface area contributed by atoms with Gasteiger partial charge in [-0.05, 0) is 32.6 Å². The van der Waals surface area contributed by atoms with Crippen molar-refractivity contribution in [1.29, 1.82) is 0 Å². The first-order valence-electron chi connectivity index (χ1n) is 7.60. The summed E-state index contributed by atoms with van der Waals surface area (Å²) in [6.07, 6.45) is 8.72. The molecular formula is C15H28N2O. The summed E-state index contributed by atoms with van der Waals surface area (Å²) in [6, 6.07) is 0. The fourth-order valence-electron chi connectivity index (χ4n) is 3.35. The molecule has 0 bridgehead atoms. The van der Waals surface area contributed by atoms with Gasteiger partial charge in [0.1, 0.15) is 0 Å². The van der Waals surface area contributed by atoms with E-state index in [1.165, 1.54) is 32.1 Å². The van der Waals surface area contributed by atoms with Crippen LogP contribution in [-0.4, -0.2) is 36.0 Å². The minimum absolute atomic E-state index is 0.0827. The molecular weight excluding hydrogens is 224 g/mol. The van der Waals surface area contributed by atoms with Crippen molar-refractivity contribution in [3.63, 3.8) is 0 Å². The smallest absolute Gasteiger partial charge is 0.222 e. The van der Waals surface area contributed by atoms with Gasteiger partial charge in [-0.2, -0.15) is 0 Å². The van der Waals surface area contributed by atoms with E-state index in [1.807, 2.05) is 4.90 Å². The Morgan fingerprint density at radius 1 is 1.33 bits per heavy atom. The molecule has 2 aliphatic rings. The lowest BCUT2D eigenvalue weighted by Crippen LogP contribution is -2.58. The van der Waals surface area contributed by atoms with Gasteiger partial charge >= 0.3 is 0 Å². The molecule has 1 amide bonds. The van der Waals surface area contributed by atoms with E-state index in [9.17, 15) is 4.79 Å². The van der Waals surface area contributed by atoms with E-state index in [-0.39, 0.29) is 5.54 Å². The van der Waals surface area contributed by atoms with Crippen molar-refractivity contribution in [1.82, 2.24) is 10.2 Å². The number of rotatable bonds is 4. The molecule has 0 aromatic carbocycles. The van der Waals surface area contributed by atoms with Crippen LogP contribution in [-0.2, 0) is 4.79 Å². The van der Waals surface area contributed by atoms with Gasteiger partial charge in [-0.3, -0.25) is 4.79 Å². The lowest BCUT2D eigenvalue weighted by atomic mass is 9.99. The summed E-state index contributed by atoms with van der Waals surface area (Å²) >= 11 is 0. The van der Waals surface area contributed by atoms with Crippen molar-refractivity contribution in [3.05, 3.63) is 0 Å². The molecule has 1 N–H and O–H groups in total. The number of carbonyl (C=O) groups excluding carboxylic acids is 1. The third-order valence-electron chi connectivity index (χ3n) is 4.40. The summed E-state index contributed by atoms with van der Waals surface area (Å²) < 4.78 is 0. The van der Waals surface area contributed by atoms with E-state index in [0.29, 0.717) is 5.91 Å². The molecule has 0 atom stereocenters. The molecule has 0 spiro atoms. The first kappa shape index (κ1) is 13.9. The largest absolute Gasteiger partial charge is 0.340 e. The van der Waals surface area contributed by atoms with Gasteiger partial charge in [-0.15, -0.1) is 0 Å². The summed E-state index contributed by atoms with van der Waals surface area (Å²) in [5, 5.41) is 3.45. The third-order valence-corrected chi connectivity index (χ3v) is 4.40. The van der Waals surface area contributed by atoms with Gasteiger partial charge < -0.3 is 10.2 Å². The van der Waals surface area contributed by atoms with Crippen LogP contribution in [0.15, 0.2) is 0 Å². The molecule has 0 aromatic heterocycles. The maximum atomic E-state index is 12.2. The highest BCUT2D eigenvalue weighted by Gasteiger charge is 2.28. The molecule has 3 heteroatoms. The van der Waals surface area contributed by atoms with Gasteiger partial charge in [0.05, 0.1) is 0 Å². The maximum absolute atomic E-state index is 12.2. The highest BCUT2D eigenvalue weighted by molar-refractivity contribution is 5.76. The molecule has 1 saturated heterocycles. The zero-order valence-corrected chi connectivity index (χ0v) is 12.0. The van der Waals surface area contributed by atoms with E-state index >= 15 is 0 Å². The standard InChI is InChI=1S/C15H28N2O/c1-15(2)12-17(11-10-16-15)14(18)9-5-8-13-6-3-4-7-13/h13,16H,3-12H2,1-2H3. The van der Waals surface area contributed by atoms with Crippen molar-refractivity contribution in [3.8, 4) is 0 Å². The number of hydrogen-bond acceptors (Lipinski definition) is 2. The van der Waals surface area contributed by atoms with Crippen LogP contribution in [0.5, 0.6) is 0 Å². The lowest BCUT2D eigenvalue weighted by Gasteiger charge is -2.39. The molecule has 2 fully saturated rings. The van der Waals surface area contributed by atoms with Crippen LogP contribution in [0.4, 0.5) is 0 Å². The topological polar surface area (TPSA) is 32.3 Å². The number of nitrogens with one attached hydrogen (secondary N) is 1. The van der Waals surface area contributed by atoms with Gasteiger partial charge in [0.2, 0.25) is 5.91 Å². The molecule has 1 aliphatic heterocycles. The molecule has 3 nitrogen and oxygen atoms in total. The minimum atomic E-state index is 0.0827. The maximum Gasteiger partial charge on any atom is 0.222 e.